The van der Waals surface area contributed by atoms with Crippen molar-refractivity contribution in [3.63, 3.8) is 0 Å². The van der Waals surface area contributed by atoms with E-state index in [0.29, 0.717) is 6.54 Å². The van der Waals surface area contributed by atoms with Crippen molar-refractivity contribution in [2.24, 2.45) is 0 Å². The second-order valence-electron chi connectivity index (χ2n) is 7.30. The Morgan fingerprint density at radius 1 is 0.821 bits per heavy atom. The lowest BCUT2D eigenvalue weighted by atomic mass is 10.0. The topological polar surface area (TPSA) is 49.3 Å². The molecule has 5 nitrogen and oxygen atoms in total. The van der Waals surface area contributed by atoms with Gasteiger partial charge in [0, 0.05) is 43.1 Å². The second kappa shape index (κ2) is 7.80. The summed E-state index contributed by atoms with van der Waals surface area (Å²) in [7, 11) is 0. The Hall–Kier alpha value is -3.21. The predicted molar refractivity (Wildman–Crippen MR) is 111 cm³/mol. The van der Waals surface area contributed by atoms with Crippen LogP contribution in [-0.4, -0.2) is 45.9 Å². The number of rotatable bonds is 3. The summed E-state index contributed by atoms with van der Waals surface area (Å²) >= 11 is 0. The fraction of sp³-hybridized carbons (Fsp3) is 0.261. The highest BCUT2D eigenvalue weighted by Crippen LogP contribution is 2.23. The molecule has 1 amide bonds. The number of hydrogen-bond acceptors (Lipinski definition) is 4. The van der Waals surface area contributed by atoms with Gasteiger partial charge in [-0.05, 0) is 43.2 Å². The maximum atomic E-state index is 13.1. The van der Waals surface area contributed by atoms with Gasteiger partial charge >= 0.3 is 0 Å². The predicted octanol–water partition coefficient (Wildman–Crippen LogP) is 3.88. The first-order valence-corrected chi connectivity index (χ1v) is 9.63. The maximum Gasteiger partial charge on any atom is 0.254 e. The van der Waals surface area contributed by atoms with Crippen molar-refractivity contribution in [1.82, 2.24) is 14.9 Å². The largest absolute Gasteiger partial charge is 0.334 e. The molecule has 0 bridgehead atoms. The van der Waals surface area contributed by atoms with E-state index in [-0.39, 0.29) is 18.0 Å². The fourth-order valence-electron chi connectivity index (χ4n) is 3.73. The van der Waals surface area contributed by atoms with Gasteiger partial charge in [-0.1, -0.05) is 42.5 Å². The molecule has 1 aromatic heterocycles. The van der Waals surface area contributed by atoms with Crippen molar-refractivity contribution in [2.75, 3.05) is 18.0 Å². The smallest absolute Gasteiger partial charge is 0.254 e. The van der Waals surface area contributed by atoms with Gasteiger partial charge in [0.2, 0.25) is 5.95 Å². The van der Waals surface area contributed by atoms with Crippen LogP contribution in [-0.2, 0) is 0 Å². The van der Waals surface area contributed by atoms with Crippen molar-refractivity contribution < 1.29 is 4.79 Å². The van der Waals surface area contributed by atoms with E-state index in [4.69, 9.17) is 0 Å². The van der Waals surface area contributed by atoms with Crippen LogP contribution in [0.1, 0.15) is 24.2 Å². The molecule has 0 unspecified atom stereocenters. The lowest BCUT2D eigenvalue weighted by Crippen LogP contribution is -2.58. The Morgan fingerprint density at radius 2 is 1.46 bits per heavy atom. The molecule has 1 fully saturated rings. The molecule has 2 heterocycles. The third-order valence-electron chi connectivity index (χ3n) is 5.29. The van der Waals surface area contributed by atoms with Crippen molar-refractivity contribution in [2.45, 2.75) is 25.9 Å². The number of nitrogens with zero attached hydrogens (tertiary/aromatic N) is 4. The maximum absolute atomic E-state index is 13.1. The van der Waals surface area contributed by atoms with Crippen LogP contribution in [0.25, 0.3) is 11.1 Å². The first kappa shape index (κ1) is 18.2. The van der Waals surface area contributed by atoms with E-state index >= 15 is 0 Å². The van der Waals surface area contributed by atoms with Gasteiger partial charge < -0.3 is 9.80 Å². The van der Waals surface area contributed by atoms with Crippen LogP contribution in [0.2, 0.25) is 0 Å². The molecule has 1 aliphatic heterocycles. The highest BCUT2D eigenvalue weighted by atomic mass is 16.2. The Kier molecular flexibility index (Phi) is 5.06. The molecule has 0 radical (unpaired) electrons. The molecule has 4 rings (SSSR count). The van der Waals surface area contributed by atoms with Crippen LogP contribution in [0.4, 0.5) is 5.95 Å². The zero-order valence-electron chi connectivity index (χ0n) is 16.2. The first-order chi connectivity index (χ1) is 13.6. The molecule has 142 valence electrons. The number of carbonyl (C=O) groups is 1. The SMILES string of the molecule is C[C@H]1CN(c2ncccn2)[C@@H](C)CN1C(=O)c1ccc(-c2ccccc2)cc1. The van der Waals surface area contributed by atoms with Gasteiger partial charge in [-0.3, -0.25) is 4.79 Å². The van der Waals surface area contributed by atoms with E-state index in [1.165, 1.54) is 0 Å². The second-order valence-corrected chi connectivity index (χ2v) is 7.30. The van der Waals surface area contributed by atoms with Gasteiger partial charge in [0.05, 0.1) is 0 Å². The summed E-state index contributed by atoms with van der Waals surface area (Å²) < 4.78 is 0. The number of piperazine rings is 1. The lowest BCUT2D eigenvalue weighted by molar-refractivity contribution is 0.0643. The van der Waals surface area contributed by atoms with Crippen LogP contribution in [0.3, 0.4) is 0 Å². The van der Waals surface area contributed by atoms with Gasteiger partial charge in [-0.2, -0.15) is 0 Å². The summed E-state index contributed by atoms with van der Waals surface area (Å²) in [6.45, 7) is 5.57. The summed E-state index contributed by atoms with van der Waals surface area (Å²) in [5.74, 6) is 0.800. The van der Waals surface area contributed by atoms with E-state index in [9.17, 15) is 4.79 Å². The zero-order chi connectivity index (χ0) is 19.5. The highest BCUT2D eigenvalue weighted by Gasteiger charge is 2.33. The molecule has 1 aliphatic rings. The Morgan fingerprint density at radius 3 is 2.14 bits per heavy atom. The van der Waals surface area contributed by atoms with E-state index < -0.39 is 0 Å². The highest BCUT2D eigenvalue weighted by molar-refractivity contribution is 5.95. The van der Waals surface area contributed by atoms with Crippen LogP contribution < -0.4 is 4.90 Å². The monoisotopic (exact) mass is 372 g/mol. The minimum absolute atomic E-state index is 0.0765. The molecule has 2 atom stereocenters. The summed E-state index contributed by atoms with van der Waals surface area (Å²) in [5, 5.41) is 0. The first-order valence-electron chi connectivity index (χ1n) is 9.63. The van der Waals surface area contributed by atoms with Gasteiger partial charge in [0.25, 0.3) is 5.91 Å². The summed E-state index contributed by atoms with van der Waals surface area (Å²) in [6.07, 6.45) is 3.51. The van der Waals surface area contributed by atoms with E-state index in [1.54, 1.807) is 12.4 Å². The van der Waals surface area contributed by atoms with Gasteiger partial charge in [0.1, 0.15) is 0 Å². The molecule has 5 heteroatoms. The third kappa shape index (κ3) is 3.60. The third-order valence-corrected chi connectivity index (χ3v) is 5.29. The summed E-state index contributed by atoms with van der Waals surface area (Å²) in [4.78, 5) is 26.0. The molecular weight excluding hydrogens is 348 g/mol. The molecular formula is C23H24N4O. The number of carbonyl (C=O) groups excluding carboxylic acids is 1. The average molecular weight is 372 g/mol. The number of hydrogen-bond donors (Lipinski definition) is 0. The Labute approximate surface area is 165 Å². The Bertz CT molecular complexity index is 928. The molecule has 0 aliphatic carbocycles. The van der Waals surface area contributed by atoms with Crippen LogP contribution in [0, 0.1) is 0 Å². The van der Waals surface area contributed by atoms with Crippen LogP contribution in [0.5, 0.6) is 0 Å². The molecule has 0 spiro atoms. The average Bonchev–Trinajstić information content (AvgIpc) is 2.76. The summed E-state index contributed by atoms with van der Waals surface area (Å²) in [6, 6.07) is 20.1. The standard InChI is InChI=1S/C23H24N4O/c1-17-16-27(23-24-13-6-14-25-23)18(2)15-26(17)22(28)21-11-9-20(10-12-21)19-7-4-3-5-8-19/h3-14,17-18H,15-16H2,1-2H3/t17-,18-/m0/s1. The molecule has 2 aromatic carbocycles. The van der Waals surface area contributed by atoms with Crippen molar-refractivity contribution >= 4 is 11.9 Å². The number of benzene rings is 2. The quantitative estimate of drug-likeness (QED) is 0.700. The van der Waals surface area contributed by atoms with E-state index in [2.05, 4.69) is 40.8 Å². The molecule has 0 N–H and O–H groups in total. The summed E-state index contributed by atoms with van der Waals surface area (Å²) in [5.41, 5.74) is 2.99. The van der Waals surface area contributed by atoms with Gasteiger partial charge in [-0.15, -0.1) is 0 Å². The van der Waals surface area contributed by atoms with Crippen molar-refractivity contribution in [3.05, 3.63) is 78.6 Å². The number of amides is 1. The van der Waals surface area contributed by atoms with Crippen molar-refractivity contribution in [3.8, 4) is 11.1 Å². The van der Waals surface area contributed by atoms with Gasteiger partial charge in [0.15, 0.2) is 0 Å². The fourth-order valence-corrected chi connectivity index (χ4v) is 3.73. The van der Waals surface area contributed by atoms with Crippen molar-refractivity contribution in [1.29, 1.82) is 0 Å². The zero-order valence-corrected chi connectivity index (χ0v) is 16.2. The minimum Gasteiger partial charge on any atom is -0.334 e. The minimum atomic E-state index is 0.0765. The molecule has 3 aromatic rings. The normalized spacial score (nSPS) is 19.5. The molecule has 0 saturated carbocycles. The molecule has 1 saturated heterocycles. The van der Waals surface area contributed by atoms with E-state index in [1.807, 2.05) is 53.4 Å². The molecule has 28 heavy (non-hydrogen) atoms. The lowest BCUT2D eigenvalue weighted by Gasteiger charge is -2.44. The van der Waals surface area contributed by atoms with Crippen LogP contribution >= 0.6 is 0 Å². The van der Waals surface area contributed by atoms with Crippen LogP contribution in [0.15, 0.2) is 73.1 Å². The Balaban J connectivity index is 1.49. The van der Waals surface area contributed by atoms with Gasteiger partial charge in [-0.25, -0.2) is 9.97 Å². The number of aromatic nitrogens is 2. The van der Waals surface area contributed by atoms with E-state index in [0.717, 1.165) is 29.2 Å². The number of anilines is 1.